The minimum atomic E-state index is -0.0888. The predicted molar refractivity (Wildman–Crippen MR) is 105 cm³/mol. The van der Waals surface area contributed by atoms with E-state index >= 15 is 0 Å². The summed E-state index contributed by atoms with van der Waals surface area (Å²) < 4.78 is 7.80. The van der Waals surface area contributed by atoms with Gasteiger partial charge in [0, 0.05) is 46.8 Å². The van der Waals surface area contributed by atoms with Gasteiger partial charge in [0.1, 0.15) is 0 Å². The van der Waals surface area contributed by atoms with E-state index in [-0.39, 0.29) is 17.6 Å². The van der Waals surface area contributed by atoms with Gasteiger partial charge in [0.2, 0.25) is 10.9 Å². The Morgan fingerprint density at radius 2 is 2.30 bits per heavy atom. The molecule has 4 rings (SSSR count). The maximum absolute atomic E-state index is 12.9. The Kier molecular flexibility index (Phi) is 5.49. The van der Waals surface area contributed by atoms with Crippen molar-refractivity contribution in [3.8, 4) is 0 Å². The van der Waals surface area contributed by atoms with Gasteiger partial charge in [0.15, 0.2) is 4.34 Å². The molecule has 2 aromatic rings. The van der Waals surface area contributed by atoms with Crippen LogP contribution >= 0.6 is 23.1 Å². The fourth-order valence-electron chi connectivity index (χ4n) is 3.38. The minimum Gasteiger partial charge on any atom is -0.377 e. The van der Waals surface area contributed by atoms with Gasteiger partial charge in [-0.3, -0.25) is 14.5 Å². The quantitative estimate of drug-likeness (QED) is 0.678. The summed E-state index contributed by atoms with van der Waals surface area (Å²) in [5.74, 6) is 0.319. The molecule has 2 aromatic heterocycles. The van der Waals surface area contributed by atoms with E-state index in [1.165, 1.54) is 27.6 Å². The SMILES string of the molecule is CN(C)C(=O)CSc1nn2c(=O)c3c(nc2s1)CCN(C[C@@H]1CCCO1)C3. The van der Waals surface area contributed by atoms with E-state index in [4.69, 9.17) is 4.74 Å². The predicted octanol–water partition coefficient (Wildman–Crippen LogP) is 0.868. The summed E-state index contributed by atoms with van der Waals surface area (Å²) in [5, 5.41) is 4.39. The number of carbonyl (C=O) groups is 1. The number of thioether (sulfide) groups is 1. The summed E-state index contributed by atoms with van der Waals surface area (Å²) in [6.45, 7) is 3.21. The lowest BCUT2D eigenvalue weighted by atomic mass is 10.1. The average Bonchev–Trinajstić information content (AvgIpc) is 3.30. The van der Waals surface area contributed by atoms with Crippen molar-refractivity contribution >= 4 is 34.0 Å². The third kappa shape index (κ3) is 4.03. The fourth-order valence-corrected chi connectivity index (χ4v) is 5.30. The highest BCUT2D eigenvalue weighted by molar-refractivity contribution is 8.01. The molecule has 1 amide bonds. The second-order valence-corrected chi connectivity index (χ2v) is 9.28. The lowest BCUT2D eigenvalue weighted by Crippen LogP contribution is -2.40. The molecule has 1 saturated heterocycles. The zero-order valence-corrected chi connectivity index (χ0v) is 17.1. The van der Waals surface area contributed by atoms with Crippen molar-refractivity contribution in [3.05, 3.63) is 21.6 Å². The third-order valence-corrected chi connectivity index (χ3v) is 6.95. The van der Waals surface area contributed by atoms with Gasteiger partial charge in [-0.05, 0) is 12.8 Å². The van der Waals surface area contributed by atoms with Crippen molar-refractivity contribution in [1.82, 2.24) is 24.4 Å². The molecule has 0 bridgehead atoms. The van der Waals surface area contributed by atoms with E-state index in [1.807, 2.05) is 0 Å². The number of fused-ring (bicyclic) bond motifs is 2. The van der Waals surface area contributed by atoms with Gasteiger partial charge in [0.25, 0.3) is 5.56 Å². The molecule has 10 heteroatoms. The molecule has 0 N–H and O–H groups in total. The van der Waals surface area contributed by atoms with E-state index < -0.39 is 0 Å². The van der Waals surface area contributed by atoms with Gasteiger partial charge >= 0.3 is 0 Å². The van der Waals surface area contributed by atoms with E-state index in [2.05, 4.69) is 15.0 Å². The van der Waals surface area contributed by atoms with Crippen molar-refractivity contribution in [2.75, 3.05) is 39.5 Å². The van der Waals surface area contributed by atoms with Crippen LogP contribution in [0.5, 0.6) is 0 Å². The number of aromatic nitrogens is 3. The Balaban J connectivity index is 1.53. The Labute approximate surface area is 165 Å². The second kappa shape index (κ2) is 7.86. The number of carbonyl (C=O) groups excluding carboxylic acids is 1. The fraction of sp³-hybridized carbons (Fsp3) is 0.647. The maximum atomic E-state index is 12.9. The lowest BCUT2D eigenvalue weighted by molar-refractivity contribution is -0.125. The zero-order valence-electron chi connectivity index (χ0n) is 15.5. The maximum Gasteiger partial charge on any atom is 0.279 e. The summed E-state index contributed by atoms with van der Waals surface area (Å²) in [4.78, 5) is 33.8. The van der Waals surface area contributed by atoms with E-state index in [0.29, 0.717) is 21.6 Å². The average molecular weight is 410 g/mol. The van der Waals surface area contributed by atoms with Crippen LogP contribution in [-0.4, -0.2) is 76.0 Å². The molecular weight excluding hydrogens is 386 g/mol. The van der Waals surface area contributed by atoms with Crippen LogP contribution in [0.2, 0.25) is 0 Å². The first-order valence-electron chi connectivity index (χ1n) is 9.10. The molecule has 8 nitrogen and oxygen atoms in total. The molecule has 0 spiro atoms. The number of hydrogen-bond donors (Lipinski definition) is 0. The molecule has 1 fully saturated rings. The van der Waals surface area contributed by atoms with Crippen molar-refractivity contribution in [1.29, 1.82) is 0 Å². The molecule has 0 unspecified atom stereocenters. The Hall–Kier alpha value is -1.49. The molecule has 2 aliphatic heterocycles. The number of ether oxygens (including phenoxy) is 1. The first-order valence-corrected chi connectivity index (χ1v) is 10.9. The van der Waals surface area contributed by atoms with Crippen LogP contribution in [0, 0.1) is 0 Å². The summed E-state index contributed by atoms with van der Waals surface area (Å²) >= 11 is 2.71. The van der Waals surface area contributed by atoms with Crippen LogP contribution in [0.3, 0.4) is 0 Å². The second-order valence-electron chi connectivity index (χ2n) is 7.10. The Bertz CT molecular complexity index is 904. The first-order chi connectivity index (χ1) is 13.0. The lowest BCUT2D eigenvalue weighted by Gasteiger charge is -2.29. The van der Waals surface area contributed by atoms with Crippen LogP contribution in [-0.2, 0) is 22.5 Å². The van der Waals surface area contributed by atoms with E-state index in [0.717, 1.165) is 50.2 Å². The standard InChI is InChI=1S/C17H23N5O3S2/c1-20(2)14(23)10-26-17-19-22-15(24)12-9-21(8-11-4-3-7-25-11)6-5-13(12)18-16(22)27-17/h11H,3-10H2,1-2H3/t11-/m0/s1. The van der Waals surface area contributed by atoms with Crippen molar-refractivity contribution in [2.24, 2.45) is 0 Å². The molecule has 0 saturated carbocycles. The highest BCUT2D eigenvalue weighted by Crippen LogP contribution is 2.25. The topological polar surface area (TPSA) is 80.0 Å². The van der Waals surface area contributed by atoms with Crippen LogP contribution < -0.4 is 5.56 Å². The Morgan fingerprint density at radius 1 is 1.44 bits per heavy atom. The third-order valence-electron chi connectivity index (χ3n) is 4.92. The van der Waals surface area contributed by atoms with Gasteiger partial charge in [-0.15, -0.1) is 5.10 Å². The number of nitrogens with zero attached hydrogens (tertiary/aromatic N) is 5. The molecule has 0 aliphatic carbocycles. The Morgan fingerprint density at radius 3 is 3.04 bits per heavy atom. The highest BCUT2D eigenvalue weighted by Gasteiger charge is 2.26. The van der Waals surface area contributed by atoms with Crippen LogP contribution in [0.1, 0.15) is 24.1 Å². The molecule has 4 heterocycles. The first kappa shape index (κ1) is 18.9. The van der Waals surface area contributed by atoms with Crippen molar-refractivity contribution in [2.45, 2.75) is 36.3 Å². The summed E-state index contributed by atoms with van der Waals surface area (Å²) in [5.41, 5.74) is 1.53. The molecule has 0 aromatic carbocycles. The van der Waals surface area contributed by atoms with Crippen LogP contribution in [0.15, 0.2) is 9.13 Å². The smallest absolute Gasteiger partial charge is 0.279 e. The normalized spacial score (nSPS) is 20.1. The molecule has 2 aliphatic rings. The number of amides is 1. The van der Waals surface area contributed by atoms with Gasteiger partial charge in [-0.1, -0.05) is 23.1 Å². The summed E-state index contributed by atoms with van der Waals surface area (Å²) in [7, 11) is 3.45. The van der Waals surface area contributed by atoms with E-state index in [1.54, 1.807) is 19.0 Å². The number of rotatable bonds is 5. The molecular formula is C17H23N5O3S2. The van der Waals surface area contributed by atoms with Gasteiger partial charge in [-0.2, -0.15) is 4.52 Å². The zero-order chi connectivity index (χ0) is 19.0. The largest absolute Gasteiger partial charge is 0.377 e. The molecule has 27 heavy (non-hydrogen) atoms. The van der Waals surface area contributed by atoms with Gasteiger partial charge < -0.3 is 9.64 Å². The van der Waals surface area contributed by atoms with E-state index in [9.17, 15) is 9.59 Å². The molecule has 146 valence electrons. The molecule has 0 radical (unpaired) electrons. The summed E-state index contributed by atoms with van der Waals surface area (Å²) in [6, 6.07) is 0. The monoisotopic (exact) mass is 409 g/mol. The van der Waals surface area contributed by atoms with Crippen molar-refractivity contribution < 1.29 is 9.53 Å². The van der Waals surface area contributed by atoms with Gasteiger partial charge in [-0.25, -0.2) is 4.98 Å². The summed E-state index contributed by atoms with van der Waals surface area (Å²) in [6.07, 6.45) is 3.27. The van der Waals surface area contributed by atoms with Gasteiger partial charge in [0.05, 0.1) is 23.1 Å². The molecule has 1 atom stereocenters. The van der Waals surface area contributed by atoms with Crippen molar-refractivity contribution in [3.63, 3.8) is 0 Å². The highest BCUT2D eigenvalue weighted by atomic mass is 32.2. The van der Waals surface area contributed by atoms with Crippen LogP contribution in [0.4, 0.5) is 0 Å². The minimum absolute atomic E-state index is 0.0173. The number of hydrogen-bond acceptors (Lipinski definition) is 8. The van der Waals surface area contributed by atoms with Crippen LogP contribution in [0.25, 0.3) is 4.96 Å².